The van der Waals surface area contributed by atoms with Crippen molar-refractivity contribution in [2.75, 3.05) is 0 Å². The van der Waals surface area contributed by atoms with E-state index in [-0.39, 0.29) is 18.3 Å². The van der Waals surface area contributed by atoms with E-state index < -0.39 is 17.7 Å². The quantitative estimate of drug-likeness (QED) is 0.294. The van der Waals surface area contributed by atoms with E-state index in [1.165, 1.54) is 20.8 Å². The van der Waals surface area contributed by atoms with Gasteiger partial charge in [-0.1, -0.05) is 36.4 Å². The van der Waals surface area contributed by atoms with Crippen LogP contribution in [-0.4, -0.2) is 17.7 Å². The zero-order chi connectivity index (χ0) is 19.3. The molecule has 1 spiro atoms. The molecule has 0 N–H and O–H groups in total. The fourth-order valence-corrected chi connectivity index (χ4v) is 6.63. The SMILES string of the molecule is Ic1cccc2ccccc12.O=C1CC(=O)OC2(O1)C1CC3CC(C1)CC2C3. The standard InChI is InChI=1S/C13H16O4.C10H7I/c14-11-6-12(15)17-13(16-11)9-2-7-1-8(4-9)5-10(13)3-7;11-10-7-3-5-8-4-1-2-6-9(8)10/h7-10H,1-6H2;1-7H. The van der Waals surface area contributed by atoms with Gasteiger partial charge >= 0.3 is 11.9 Å². The molecule has 5 fully saturated rings. The Morgan fingerprint density at radius 1 is 0.786 bits per heavy atom. The molecule has 4 aliphatic carbocycles. The van der Waals surface area contributed by atoms with Crippen molar-refractivity contribution in [3.8, 4) is 0 Å². The van der Waals surface area contributed by atoms with Crippen molar-refractivity contribution in [2.24, 2.45) is 23.7 Å². The van der Waals surface area contributed by atoms with E-state index in [1.807, 2.05) is 0 Å². The number of halogens is 1. The van der Waals surface area contributed by atoms with Gasteiger partial charge in [0.2, 0.25) is 0 Å². The fraction of sp³-hybridized carbons (Fsp3) is 0.478. The van der Waals surface area contributed by atoms with Crippen LogP contribution in [0.5, 0.6) is 0 Å². The van der Waals surface area contributed by atoms with Gasteiger partial charge in [-0.15, -0.1) is 0 Å². The first-order valence-corrected chi connectivity index (χ1v) is 11.2. The molecule has 146 valence electrons. The van der Waals surface area contributed by atoms with Crippen LogP contribution in [0.4, 0.5) is 0 Å². The second kappa shape index (κ2) is 7.01. The number of hydrogen-bond donors (Lipinski definition) is 0. The number of esters is 2. The number of carbonyl (C=O) groups is 2. The van der Waals surface area contributed by atoms with Gasteiger partial charge in [-0.3, -0.25) is 9.59 Å². The summed E-state index contributed by atoms with van der Waals surface area (Å²) in [6, 6.07) is 14.8. The largest absolute Gasteiger partial charge is 0.421 e. The lowest BCUT2D eigenvalue weighted by Crippen LogP contribution is -2.63. The average Bonchev–Trinajstić information content (AvgIpc) is 2.66. The Balaban J connectivity index is 0.000000135. The highest BCUT2D eigenvalue weighted by Gasteiger charge is 2.63. The van der Waals surface area contributed by atoms with E-state index in [0.29, 0.717) is 0 Å². The molecule has 0 unspecified atom stereocenters. The highest BCUT2D eigenvalue weighted by molar-refractivity contribution is 14.1. The fourth-order valence-electron chi connectivity index (χ4n) is 5.93. The minimum atomic E-state index is -0.875. The maximum absolute atomic E-state index is 11.5. The van der Waals surface area contributed by atoms with E-state index in [0.717, 1.165) is 37.5 Å². The molecular formula is C23H23IO4. The molecule has 2 aromatic rings. The molecule has 1 aliphatic heterocycles. The van der Waals surface area contributed by atoms with Gasteiger partial charge in [0.1, 0.15) is 6.42 Å². The minimum Gasteiger partial charge on any atom is -0.421 e. The molecule has 0 atom stereocenters. The van der Waals surface area contributed by atoms with E-state index in [9.17, 15) is 9.59 Å². The molecule has 0 amide bonds. The molecule has 4 nitrogen and oxygen atoms in total. The van der Waals surface area contributed by atoms with Crippen LogP contribution in [-0.2, 0) is 19.1 Å². The summed E-state index contributed by atoms with van der Waals surface area (Å²) in [5, 5.41) is 2.66. The van der Waals surface area contributed by atoms with Crippen LogP contribution in [0.15, 0.2) is 42.5 Å². The smallest absolute Gasteiger partial charge is 0.320 e. The molecule has 1 saturated heterocycles. The van der Waals surface area contributed by atoms with Gasteiger partial charge in [0.25, 0.3) is 5.79 Å². The third-order valence-electron chi connectivity index (χ3n) is 6.85. The summed E-state index contributed by atoms with van der Waals surface area (Å²) >= 11 is 2.36. The first kappa shape index (κ1) is 18.4. The number of fused-ring (bicyclic) bond motifs is 1. The second-order valence-electron chi connectivity index (χ2n) is 8.61. The third-order valence-corrected chi connectivity index (χ3v) is 7.79. The average molecular weight is 490 g/mol. The highest BCUT2D eigenvalue weighted by Crippen LogP contribution is 2.60. The Morgan fingerprint density at radius 2 is 1.36 bits per heavy atom. The van der Waals surface area contributed by atoms with Gasteiger partial charge in [-0.05, 0) is 83.4 Å². The number of ether oxygens (including phenoxy) is 2. The van der Waals surface area contributed by atoms with Gasteiger partial charge in [0.15, 0.2) is 0 Å². The van der Waals surface area contributed by atoms with Crippen molar-refractivity contribution in [3.05, 3.63) is 46.0 Å². The van der Waals surface area contributed by atoms with Gasteiger partial charge in [-0.25, -0.2) is 0 Å². The molecule has 4 saturated carbocycles. The van der Waals surface area contributed by atoms with Gasteiger partial charge < -0.3 is 9.47 Å². The first-order chi connectivity index (χ1) is 13.5. The van der Waals surface area contributed by atoms with E-state index >= 15 is 0 Å². The maximum Gasteiger partial charge on any atom is 0.320 e. The van der Waals surface area contributed by atoms with Gasteiger partial charge in [0.05, 0.1) is 0 Å². The number of rotatable bonds is 0. The van der Waals surface area contributed by atoms with Gasteiger partial charge in [0, 0.05) is 15.4 Å². The van der Waals surface area contributed by atoms with Crippen molar-refractivity contribution in [1.29, 1.82) is 0 Å². The second-order valence-corrected chi connectivity index (χ2v) is 9.77. The monoisotopic (exact) mass is 490 g/mol. The van der Waals surface area contributed by atoms with Crippen molar-refractivity contribution in [2.45, 2.75) is 44.3 Å². The van der Waals surface area contributed by atoms with E-state index in [2.05, 4.69) is 65.1 Å². The molecule has 28 heavy (non-hydrogen) atoms. The molecule has 0 radical (unpaired) electrons. The van der Waals surface area contributed by atoms with Crippen molar-refractivity contribution >= 4 is 45.3 Å². The molecule has 7 rings (SSSR count). The van der Waals surface area contributed by atoms with Crippen molar-refractivity contribution < 1.29 is 19.1 Å². The van der Waals surface area contributed by atoms with E-state index in [1.54, 1.807) is 0 Å². The molecule has 5 heteroatoms. The highest BCUT2D eigenvalue weighted by atomic mass is 127. The van der Waals surface area contributed by atoms with Crippen LogP contribution in [0.1, 0.15) is 38.5 Å². The molecule has 2 aromatic carbocycles. The maximum atomic E-state index is 11.5. The Bertz CT molecular complexity index is 886. The van der Waals surface area contributed by atoms with Crippen LogP contribution >= 0.6 is 22.6 Å². The molecule has 5 aliphatic rings. The van der Waals surface area contributed by atoms with Crippen molar-refractivity contribution in [1.82, 2.24) is 0 Å². The van der Waals surface area contributed by atoms with E-state index in [4.69, 9.17) is 9.47 Å². The van der Waals surface area contributed by atoms with Crippen LogP contribution in [0, 0.1) is 27.2 Å². The summed E-state index contributed by atoms with van der Waals surface area (Å²) in [5.41, 5.74) is 0. The van der Waals surface area contributed by atoms with Crippen LogP contribution in [0.3, 0.4) is 0 Å². The summed E-state index contributed by atoms with van der Waals surface area (Å²) < 4.78 is 12.4. The molecule has 0 aromatic heterocycles. The zero-order valence-electron chi connectivity index (χ0n) is 15.6. The lowest BCUT2D eigenvalue weighted by atomic mass is 9.53. The predicted molar refractivity (Wildman–Crippen MR) is 113 cm³/mol. The molecule has 1 heterocycles. The van der Waals surface area contributed by atoms with Crippen LogP contribution in [0.2, 0.25) is 0 Å². The first-order valence-electron chi connectivity index (χ1n) is 10.1. The number of benzene rings is 2. The van der Waals surface area contributed by atoms with Gasteiger partial charge in [-0.2, -0.15) is 0 Å². The van der Waals surface area contributed by atoms with Crippen LogP contribution in [0.25, 0.3) is 10.8 Å². The Labute approximate surface area is 178 Å². The molecular weight excluding hydrogens is 467 g/mol. The Morgan fingerprint density at radius 3 is 1.96 bits per heavy atom. The molecule has 4 bridgehead atoms. The summed E-state index contributed by atoms with van der Waals surface area (Å²) in [6.07, 6.45) is 5.36. The summed E-state index contributed by atoms with van der Waals surface area (Å²) in [7, 11) is 0. The van der Waals surface area contributed by atoms with Crippen molar-refractivity contribution in [3.63, 3.8) is 0 Å². The number of carbonyl (C=O) groups excluding carboxylic acids is 2. The third kappa shape index (κ3) is 3.11. The summed E-state index contributed by atoms with van der Waals surface area (Å²) in [5.74, 6) is 0.381. The summed E-state index contributed by atoms with van der Waals surface area (Å²) in [6.45, 7) is 0. The minimum absolute atomic E-state index is 0.214. The Kier molecular flexibility index (Phi) is 4.61. The lowest BCUT2D eigenvalue weighted by Gasteiger charge is -2.59. The van der Waals surface area contributed by atoms with Crippen LogP contribution < -0.4 is 0 Å². The topological polar surface area (TPSA) is 52.6 Å². The lowest BCUT2D eigenvalue weighted by molar-refractivity contribution is -0.319. The summed E-state index contributed by atoms with van der Waals surface area (Å²) in [4.78, 5) is 23.1. The normalized spacial score (nSPS) is 31.9. The predicted octanol–water partition coefficient (Wildman–Crippen LogP) is 5.07. The Hall–Kier alpha value is -1.63. The zero-order valence-corrected chi connectivity index (χ0v) is 17.8. The number of hydrogen-bond acceptors (Lipinski definition) is 4.